The second-order valence-electron chi connectivity index (χ2n) is 8.47. The van der Waals surface area contributed by atoms with Gasteiger partial charge in [0.2, 0.25) is 5.91 Å². The minimum atomic E-state index is 0.286. The van der Waals surface area contributed by atoms with Crippen LogP contribution in [0.25, 0.3) is 0 Å². The third kappa shape index (κ3) is 3.78. The number of likely N-dealkylation sites (N-methyl/N-ethyl adjacent to an activating group) is 1. The van der Waals surface area contributed by atoms with Gasteiger partial charge in [0.25, 0.3) is 0 Å². The predicted octanol–water partition coefficient (Wildman–Crippen LogP) is 3.11. The molecule has 1 aromatic rings. The molecule has 1 saturated carbocycles. The van der Waals surface area contributed by atoms with Crippen molar-refractivity contribution in [1.29, 1.82) is 0 Å². The molecule has 26 heavy (non-hydrogen) atoms. The number of piperidine rings is 1. The van der Waals surface area contributed by atoms with Gasteiger partial charge in [0.05, 0.1) is 0 Å². The second-order valence-corrected chi connectivity index (χ2v) is 8.88. The van der Waals surface area contributed by atoms with Crippen LogP contribution in [0.1, 0.15) is 31.2 Å². The van der Waals surface area contributed by atoms with Gasteiger partial charge >= 0.3 is 0 Å². The van der Waals surface area contributed by atoms with Crippen molar-refractivity contribution in [1.82, 2.24) is 14.7 Å². The zero-order chi connectivity index (χ0) is 18.1. The first-order chi connectivity index (χ1) is 12.6. The summed E-state index contributed by atoms with van der Waals surface area (Å²) in [6.45, 7) is 7.05. The van der Waals surface area contributed by atoms with Gasteiger partial charge in [0.1, 0.15) is 0 Å². The molecule has 1 amide bonds. The molecule has 142 valence electrons. The average molecular weight is 376 g/mol. The van der Waals surface area contributed by atoms with E-state index >= 15 is 0 Å². The molecular formula is C21H30ClN3O. The Bertz CT molecular complexity index is 656. The number of nitrogens with zero attached hydrogens (tertiary/aromatic N) is 3. The molecule has 1 aromatic carbocycles. The molecule has 2 saturated heterocycles. The fraction of sp³-hybridized carbons (Fsp3) is 0.667. The summed E-state index contributed by atoms with van der Waals surface area (Å²) in [6.07, 6.45) is 4.52. The minimum Gasteiger partial charge on any atom is -0.341 e. The number of hydrogen-bond donors (Lipinski definition) is 0. The Balaban J connectivity index is 1.30. The van der Waals surface area contributed by atoms with Crippen LogP contribution in [0.15, 0.2) is 24.3 Å². The maximum Gasteiger partial charge on any atom is 0.226 e. The van der Waals surface area contributed by atoms with E-state index in [9.17, 15) is 4.79 Å². The lowest BCUT2D eigenvalue weighted by molar-refractivity contribution is -0.133. The predicted molar refractivity (Wildman–Crippen MR) is 105 cm³/mol. The van der Waals surface area contributed by atoms with Crippen LogP contribution in [-0.2, 0) is 11.3 Å². The van der Waals surface area contributed by atoms with Crippen molar-refractivity contribution in [3.8, 4) is 0 Å². The summed E-state index contributed by atoms with van der Waals surface area (Å²) in [4.78, 5) is 20.0. The van der Waals surface area contributed by atoms with E-state index in [4.69, 9.17) is 11.6 Å². The molecule has 1 atom stereocenters. The van der Waals surface area contributed by atoms with Crippen LogP contribution in [0.3, 0.4) is 0 Å². The van der Waals surface area contributed by atoms with Crippen molar-refractivity contribution >= 4 is 17.5 Å². The lowest BCUT2D eigenvalue weighted by atomic mass is 9.90. The largest absolute Gasteiger partial charge is 0.341 e. The van der Waals surface area contributed by atoms with Gasteiger partial charge in [-0.2, -0.15) is 0 Å². The van der Waals surface area contributed by atoms with Crippen LogP contribution in [0.2, 0.25) is 5.02 Å². The lowest BCUT2D eigenvalue weighted by Gasteiger charge is -2.33. The van der Waals surface area contributed by atoms with Gasteiger partial charge in [-0.1, -0.05) is 29.8 Å². The summed E-state index contributed by atoms with van der Waals surface area (Å²) in [6, 6.07) is 8.13. The highest BCUT2D eigenvalue weighted by atomic mass is 35.5. The highest BCUT2D eigenvalue weighted by Crippen LogP contribution is 2.60. The third-order valence-electron chi connectivity index (χ3n) is 6.72. The van der Waals surface area contributed by atoms with Crippen molar-refractivity contribution in [2.45, 2.75) is 32.2 Å². The quantitative estimate of drug-likeness (QED) is 0.812. The summed E-state index contributed by atoms with van der Waals surface area (Å²) in [5.41, 5.74) is 1.51. The smallest absolute Gasteiger partial charge is 0.226 e. The maximum atomic E-state index is 13.0. The number of amides is 1. The average Bonchev–Trinajstić information content (AvgIpc) is 3.38. The lowest BCUT2D eigenvalue weighted by Crippen LogP contribution is -2.39. The first-order valence-electron chi connectivity index (χ1n) is 10.0. The monoisotopic (exact) mass is 375 g/mol. The SMILES string of the molecule is CN1CCCN(C(=O)C2CC23CCN(Cc2ccccc2Cl)CC3)CC1. The van der Waals surface area contributed by atoms with Crippen LogP contribution in [0.5, 0.6) is 0 Å². The number of rotatable bonds is 3. The third-order valence-corrected chi connectivity index (χ3v) is 7.09. The molecule has 0 N–H and O–H groups in total. The number of carbonyl (C=O) groups excluding carboxylic acids is 1. The van der Waals surface area contributed by atoms with Gasteiger partial charge < -0.3 is 9.80 Å². The van der Waals surface area contributed by atoms with Crippen molar-refractivity contribution < 1.29 is 4.79 Å². The molecule has 2 aliphatic heterocycles. The van der Waals surface area contributed by atoms with E-state index in [1.54, 1.807) is 0 Å². The number of carbonyl (C=O) groups is 1. The zero-order valence-corrected chi connectivity index (χ0v) is 16.5. The molecule has 4 rings (SSSR count). The van der Waals surface area contributed by atoms with Gasteiger partial charge in [-0.25, -0.2) is 0 Å². The highest BCUT2D eigenvalue weighted by Gasteiger charge is 2.59. The molecule has 3 fully saturated rings. The topological polar surface area (TPSA) is 26.8 Å². The summed E-state index contributed by atoms with van der Waals surface area (Å²) >= 11 is 6.31. The summed E-state index contributed by atoms with van der Waals surface area (Å²) in [5.74, 6) is 0.716. The van der Waals surface area contributed by atoms with Gasteiger partial charge in [0, 0.05) is 37.1 Å². The molecule has 0 aromatic heterocycles. The van der Waals surface area contributed by atoms with Crippen molar-refractivity contribution in [3.05, 3.63) is 34.9 Å². The van der Waals surface area contributed by atoms with E-state index < -0.39 is 0 Å². The molecule has 3 aliphatic rings. The van der Waals surface area contributed by atoms with Crippen molar-refractivity contribution in [2.75, 3.05) is 46.3 Å². The minimum absolute atomic E-state index is 0.286. The first-order valence-corrected chi connectivity index (χ1v) is 10.4. The summed E-state index contributed by atoms with van der Waals surface area (Å²) in [7, 11) is 2.15. The second kappa shape index (κ2) is 7.49. The summed E-state index contributed by atoms with van der Waals surface area (Å²) in [5, 5.41) is 0.860. The van der Waals surface area contributed by atoms with Crippen molar-refractivity contribution in [2.24, 2.45) is 11.3 Å². The van der Waals surface area contributed by atoms with E-state index in [-0.39, 0.29) is 5.92 Å². The molecule has 1 spiro atoms. The molecule has 1 aliphatic carbocycles. The Labute approximate surface area is 162 Å². The fourth-order valence-corrected chi connectivity index (χ4v) is 4.96. The van der Waals surface area contributed by atoms with Crippen LogP contribution < -0.4 is 0 Å². The normalized spacial score (nSPS) is 26.7. The Morgan fingerprint density at radius 2 is 1.88 bits per heavy atom. The van der Waals surface area contributed by atoms with Gasteiger partial charge in [0.15, 0.2) is 0 Å². The Morgan fingerprint density at radius 1 is 1.12 bits per heavy atom. The Hall–Kier alpha value is -1.10. The van der Waals surface area contributed by atoms with Crippen molar-refractivity contribution in [3.63, 3.8) is 0 Å². The Kier molecular flexibility index (Phi) is 5.27. The fourth-order valence-electron chi connectivity index (χ4n) is 4.76. The Morgan fingerprint density at radius 3 is 2.65 bits per heavy atom. The van der Waals surface area contributed by atoms with Crippen LogP contribution in [0, 0.1) is 11.3 Å². The van der Waals surface area contributed by atoms with E-state index in [0.717, 1.165) is 76.5 Å². The zero-order valence-electron chi connectivity index (χ0n) is 15.8. The standard InChI is InChI=1S/C21H30ClN3O/c1-23-9-4-10-25(14-13-23)20(26)18-15-21(18)7-11-24(12-8-21)16-17-5-2-3-6-19(17)22/h2-3,5-6,18H,4,7-16H2,1H3. The number of benzene rings is 1. The van der Waals surface area contributed by atoms with Crippen LogP contribution >= 0.6 is 11.6 Å². The number of hydrogen-bond acceptors (Lipinski definition) is 3. The van der Waals surface area contributed by atoms with E-state index in [0.29, 0.717) is 11.3 Å². The molecule has 4 nitrogen and oxygen atoms in total. The van der Waals surface area contributed by atoms with E-state index in [1.807, 2.05) is 12.1 Å². The van der Waals surface area contributed by atoms with Gasteiger partial charge in [-0.3, -0.25) is 9.69 Å². The van der Waals surface area contributed by atoms with E-state index in [2.05, 4.69) is 33.9 Å². The van der Waals surface area contributed by atoms with Crippen LogP contribution in [0.4, 0.5) is 0 Å². The van der Waals surface area contributed by atoms with Gasteiger partial charge in [-0.05, 0) is 69.4 Å². The number of halogens is 1. The van der Waals surface area contributed by atoms with Crippen LogP contribution in [-0.4, -0.2) is 66.9 Å². The number of likely N-dealkylation sites (tertiary alicyclic amines) is 1. The first kappa shape index (κ1) is 18.3. The molecular weight excluding hydrogens is 346 g/mol. The molecule has 0 bridgehead atoms. The maximum absolute atomic E-state index is 13.0. The molecule has 5 heteroatoms. The highest BCUT2D eigenvalue weighted by molar-refractivity contribution is 6.31. The van der Waals surface area contributed by atoms with E-state index in [1.165, 1.54) is 5.56 Å². The van der Waals surface area contributed by atoms with Gasteiger partial charge in [-0.15, -0.1) is 0 Å². The molecule has 2 heterocycles. The summed E-state index contributed by atoms with van der Waals surface area (Å²) < 4.78 is 0. The molecule has 0 radical (unpaired) electrons. The molecule has 1 unspecified atom stereocenters.